The Morgan fingerprint density at radius 3 is 2.86 bits per heavy atom. The lowest BCUT2D eigenvalue weighted by molar-refractivity contribution is -0.141. The maximum atomic E-state index is 10.9. The molecule has 0 amide bonds. The number of thioether (sulfide) groups is 1. The first kappa shape index (κ1) is 13.7. The lowest BCUT2D eigenvalue weighted by Crippen LogP contribution is -2.33. The van der Waals surface area contributed by atoms with E-state index in [0.717, 1.165) is 25.4 Å². The van der Waals surface area contributed by atoms with E-state index in [1.54, 1.807) is 11.8 Å². The van der Waals surface area contributed by atoms with Crippen LogP contribution in [-0.4, -0.2) is 43.8 Å². The molecule has 0 rings (SSSR count). The van der Waals surface area contributed by atoms with Crippen molar-refractivity contribution in [1.29, 1.82) is 0 Å². The van der Waals surface area contributed by atoms with Crippen LogP contribution in [0, 0.1) is 0 Å². The maximum Gasteiger partial charge on any atom is 0.323 e. The average Bonchev–Trinajstić information content (AvgIpc) is 2.21. The molecule has 0 radical (unpaired) electrons. The Bertz CT molecular complexity index is 155. The van der Waals surface area contributed by atoms with Crippen LogP contribution < -0.4 is 5.73 Å². The Labute approximate surface area is 89.5 Å². The summed E-state index contributed by atoms with van der Waals surface area (Å²) in [7, 11) is 1.35. The van der Waals surface area contributed by atoms with Gasteiger partial charge in [0, 0.05) is 19.0 Å². The van der Waals surface area contributed by atoms with Gasteiger partial charge in [-0.05, 0) is 19.1 Å². The second kappa shape index (κ2) is 9.30. The first-order valence-corrected chi connectivity index (χ1v) is 5.86. The normalized spacial score (nSPS) is 12.5. The summed E-state index contributed by atoms with van der Waals surface area (Å²) in [5.74, 6) is 1.23. The van der Waals surface area contributed by atoms with Gasteiger partial charge in [-0.15, -0.1) is 0 Å². The zero-order valence-corrected chi connectivity index (χ0v) is 9.64. The minimum atomic E-state index is -0.503. The molecule has 1 atom stereocenters. The van der Waals surface area contributed by atoms with Gasteiger partial charge < -0.3 is 15.2 Å². The van der Waals surface area contributed by atoms with Crippen molar-refractivity contribution in [3.8, 4) is 0 Å². The molecule has 2 N–H and O–H groups in total. The van der Waals surface area contributed by atoms with Crippen molar-refractivity contribution in [2.45, 2.75) is 19.4 Å². The Balaban J connectivity index is 3.23. The van der Waals surface area contributed by atoms with Crippen LogP contribution in [0.3, 0.4) is 0 Å². The van der Waals surface area contributed by atoms with Crippen molar-refractivity contribution < 1.29 is 14.3 Å². The van der Waals surface area contributed by atoms with Crippen molar-refractivity contribution in [3.63, 3.8) is 0 Å². The van der Waals surface area contributed by atoms with Gasteiger partial charge in [-0.1, -0.05) is 0 Å². The topological polar surface area (TPSA) is 61.5 Å². The molecule has 0 aromatic carbocycles. The Morgan fingerprint density at radius 2 is 2.29 bits per heavy atom. The number of hydrogen-bond acceptors (Lipinski definition) is 5. The molecule has 0 aliphatic heterocycles. The largest absolute Gasteiger partial charge is 0.468 e. The molecule has 0 saturated heterocycles. The molecule has 0 fully saturated rings. The van der Waals surface area contributed by atoms with Gasteiger partial charge >= 0.3 is 5.97 Å². The van der Waals surface area contributed by atoms with E-state index in [1.165, 1.54) is 7.11 Å². The molecule has 5 heteroatoms. The minimum Gasteiger partial charge on any atom is -0.468 e. The molecule has 0 aliphatic rings. The van der Waals surface area contributed by atoms with Crippen LogP contribution in [0.15, 0.2) is 0 Å². The number of carbonyl (C=O) groups is 1. The van der Waals surface area contributed by atoms with E-state index in [2.05, 4.69) is 4.74 Å². The van der Waals surface area contributed by atoms with E-state index in [9.17, 15) is 4.79 Å². The third-order valence-corrected chi connectivity index (χ3v) is 2.75. The Morgan fingerprint density at radius 1 is 1.57 bits per heavy atom. The van der Waals surface area contributed by atoms with Crippen molar-refractivity contribution in [3.05, 3.63) is 0 Å². The molecule has 1 unspecified atom stereocenters. The predicted octanol–water partition coefficient (Wildman–Crippen LogP) is 0.646. The first-order chi connectivity index (χ1) is 6.72. The van der Waals surface area contributed by atoms with Crippen molar-refractivity contribution in [2.24, 2.45) is 5.73 Å². The molecule has 14 heavy (non-hydrogen) atoms. The number of rotatable bonds is 8. The highest BCUT2D eigenvalue weighted by molar-refractivity contribution is 7.99. The van der Waals surface area contributed by atoms with Crippen LogP contribution in [0.2, 0.25) is 0 Å². The lowest BCUT2D eigenvalue weighted by Gasteiger charge is -2.08. The van der Waals surface area contributed by atoms with Crippen LogP contribution in [-0.2, 0) is 14.3 Å². The SMILES string of the molecule is CCOCCCSCC(N)C(=O)OC. The van der Waals surface area contributed by atoms with Crippen LogP contribution in [0.1, 0.15) is 13.3 Å². The Hall–Kier alpha value is -0.260. The molecule has 0 bridgehead atoms. The molecular weight excluding hydrogens is 202 g/mol. The fraction of sp³-hybridized carbons (Fsp3) is 0.889. The smallest absolute Gasteiger partial charge is 0.323 e. The van der Waals surface area contributed by atoms with Crippen LogP contribution in [0.4, 0.5) is 0 Å². The second-order valence-electron chi connectivity index (χ2n) is 2.76. The maximum absolute atomic E-state index is 10.9. The molecule has 0 aliphatic carbocycles. The molecule has 0 saturated carbocycles. The van der Waals surface area contributed by atoms with Gasteiger partial charge in [-0.3, -0.25) is 4.79 Å². The molecule has 0 aromatic rings. The number of esters is 1. The van der Waals surface area contributed by atoms with E-state index in [4.69, 9.17) is 10.5 Å². The summed E-state index contributed by atoms with van der Waals surface area (Å²) < 4.78 is 9.68. The quantitative estimate of drug-likeness (QED) is 0.481. The van der Waals surface area contributed by atoms with Crippen molar-refractivity contribution >= 4 is 17.7 Å². The fourth-order valence-corrected chi connectivity index (χ4v) is 1.72. The second-order valence-corrected chi connectivity index (χ2v) is 3.90. The van der Waals surface area contributed by atoms with Gasteiger partial charge in [0.15, 0.2) is 0 Å². The summed E-state index contributed by atoms with van der Waals surface area (Å²) in [5, 5.41) is 0. The minimum absolute atomic E-state index is 0.345. The molecule has 4 nitrogen and oxygen atoms in total. The average molecular weight is 221 g/mol. The highest BCUT2D eigenvalue weighted by atomic mass is 32.2. The molecule has 84 valence electrons. The summed E-state index contributed by atoms with van der Waals surface area (Å²) >= 11 is 1.65. The van der Waals surface area contributed by atoms with Gasteiger partial charge in [-0.25, -0.2) is 0 Å². The first-order valence-electron chi connectivity index (χ1n) is 4.71. The van der Waals surface area contributed by atoms with Gasteiger partial charge in [0.2, 0.25) is 0 Å². The lowest BCUT2D eigenvalue weighted by atomic mass is 10.4. The van der Waals surface area contributed by atoms with Gasteiger partial charge in [0.1, 0.15) is 6.04 Å². The van der Waals surface area contributed by atoms with Crippen LogP contribution in [0.5, 0.6) is 0 Å². The fourth-order valence-electron chi connectivity index (χ4n) is 0.837. The van der Waals surface area contributed by atoms with Gasteiger partial charge in [-0.2, -0.15) is 11.8 Å². The van der Waals surface area contributed by atoms with E-state index >= 15 is 0 Å². The summed E-state index contributed by atoms with van der Waals surface area (Å²) in [6, 6.07) is -0.503. The number of hydrogen-bond donors (Lipinski definition) is 1. The monoisotopic (exact) mass is 221 g/mol. The van der Waals surface area contributed by atoms with Crippen LogP contribution in [0.25, 0.3) is 0 Å². The zero-order valence-electron chi connectivity index (χ0n) is 8.82. The van der Waals surface area contributed by atoms with Gasteiger partial charge in [0.05, 0.1) is 7.11 Å². The highest BCUT2D eigenvalue weighted by Gasteiger charge is 2.12. The van der Waals surface area contributed by atoms with Crippen LogP contribution >= 0.6 is 11.8 Å². The number of ether oxygens (including phenoxy) is 2. The van der Waals surface area contributed by atoms with E-state index in [0.29, 0.717) is 5.75 Å². The number of nitrogens with two attached hydrogens (primary N) is 1. The molecule has 0 heterocycles. The number of methoxy groups -OCH3 is 1. The Kier molecular flexibility index (Phi) is 9.13. The van der Waals surface area contributed by atoms with Gasteiger partial charge in [0.25, 0.3) is 0 Å². The standard InChI is InChI=1S/C9H19NO3S/c1-3-13-5-4-6-14-7-8(10)9(11)12-2/h8H,3-7,10H2,1-2H3. The van der Waals surface area contributed by atoms with E-state index in [1.807, 2.05) is 6.92 Å². The summed E-state index contributed by atoms with van der Waals surface area (Å²) in [4.78, 5) is 10.9. The van der Waals surface area contributed by atoms with E-state index < -0.39 is 6.04 Å². The predicted molar refractivity (Wildman–Crippen MR) is 58.4 cm³/mol. The van der Waals surface area contributed by atoms with Crippen molar-refractivity contribution in [2.75, 3.05) is 31.8 Å². The molecular formula is C9H19NO3S. The third-order valence-electron chi connectivity index (χ3n) is 1.58. The summed E-state index contributed by atoms with van der Waals surface area (Å²) in [5.41, 5.74) is 5.54. The third kappa shape index (κ3) is 7.17. The summed E-state index contributed by atoms with van der Waals surface area (Å²) in [6.45, 7) is 3.50. The molecule has 0 spiro atoms. The van der Waals surface area contributed by atoms with Crippen molar-refractivity contribution in [1.82, 2.24) is 0 Å². The molecule has 0 aromatic heterocycles. The highest BCUT2D eigenvalue weighted by Crippen LogP contribution is 2.04. The van der Waals surface area contributed by atoms with E-state index in [-0.39, 0.29) is 5.97 Å². The summed E-state index contributed by atoms with van der Waals surface area (Å²) in [6.07, 6.45) is 0.992. The number of carbonyl (C=O) groups excluding carboxylic acids is 1. The zero-order chi connectivity index (χ0) is 10.8.